The van der Waals surface area contributed by atoms with Crippen LogP contribution < -0.4 is 5.32 Å². The van der Waals surface area contributed by atoms with Crippen LogP contribution in [0.2, 0.25) is 0 Å². The summed E-state index contributed by atoms with van der Waals surface area (Å²) in [5.41, 5.74) is 2.29. The molecule has 94 valence electrons. The Hall–Kier alpha value is -0.930. The van der Waals surface area contributed by atoms with E-state index in [1.54, 1.807) is 0 Å². The van der Waals surface area contributed by atoms with E-state index in [1.165, 1.54) is 12.0 Å². The molecule has 1 aliphatic rings. The average Bonchev–Trinajstić information content (AvgIpc) is 2.32. The first kappa shape index (κ1) is 12.5. The smallest absolute Gasteiger partial charge is 0.0543 e. The number of hydrogen-bond donors (Lipinski definition) is 2. The van der Waals surface area contributed by atoms with Crippen molar-refractivity contribution < 1.29 is 5.11 Å². The summed E-state index contributed by atoms with van der Waals surface area (Å²) in [6.07, 6.45) is 6.17. The predicted octanol–water partition coefficient (Wildman–Crippen LogP) is 2.03. The van der Waals surface area contributed by atoms with Crippen LogP contribution in [0.5, 0.6) is 0 Å². The van der Waals surface area contributed by atoms with Crippen molar-refractivity contribution in [3.63, 3.8) is 0 Å². The number of hydrogen-bond acceptors (Lipinski definition) is 3. The number of rotatable bonds is 4. The molecule has 0 bridgehead atoms. The van der Waals surface area contributed by atoms with Crippen molar-refractivity contribution >= 4 is 0 Å². The van der Waals surface area contributed by atoms with Gasteiger partial charge >= 0.3 is 0 Å². The van der Waals surface area contributed by atoms with Gasteiger partial charge in [-0.25, -0.2) is 0 Å². The van der Waals surface area contributed by atoms with Crippen LogP contribution in [0.1, 0.15) is 36.9 Å². The van der Waals surface area contributed by atoms with Gasteiger partial charge in [0, 0.05) is 12.7 Å². The molecular formula is C14H22N2O. The minimum atomic E-state index is -0.0759. The van der Waals surface area contributed by atoms with Crippen molar-refractivity contribution in [3.8, 4) is 0 Å². The Morgan fingerprint density at radius 1 is 1.41 bits per heavy atom. The molecule has 2 unspecified atom stereocenters. The second kappa shape index (κ2) is 6.12. The summed E-state index contributed by atoms with van der Waals surface area (Å²) in [4.78, 5) is 4.36. The maximum atomic E-state index is 9.59. The zero-order valence-corrected chi connectivity index (χ0v) is 10.5. The molecule has 0 amide bonds. The highest BCUT2D eigenvalue weighted by Gasteiger charge is 2.19. The molecule has 1 aliphatic carbocycles. The number of aromatic nitrogens is 1. The van der Waals surface area contributed by atoms with Gasteiger partial charge in [0.25, 0.3) is 0 Å². The van der Waals surface area contributed by atoms with Gasteiger partial charge in [0.05, 0.1) is 11.8 Å². The molecule has 2 rings (SSSR count). The summed E-state index contributed by atoms with van der Waals surface area (Å²) < 4.78 is 0. The molecule has 3 heteroatoms. The van der Waals surface area contributed by atoms with Crippen LogP contribution in [0.4, 0.5) is 0 Å². The average molecular weight is 234 g/mol. The SMILES string of the molecule is Cc1ccc(CNCC2CCCC(O)C2)nc1. The summed E-state index contributed by atoms with van der Waals surface area (Å²) in [5.74, 6) is 0.629. The van der Waals surface area contributed by atoms with Gasteiger partial charge in [-0.15, -0.1) is 0 Å². The zero-order valence-electron chi connectivity index (χ0n) is 10.5. The number of aliphatic hydroxyl groups is 1. The molecule has 0 aliphatic heterocycles. The van der Waals surface area contributed by atoms with Gasteiger partial charge in [-0.05, 0) is 50.3 Å². The second-order valence-electron chi connectivity index (χ2n) is 5.14. The second-order valence-corrected chi connectivity index (χ2v) is 5.14. The molecule has 0 spiro atoms. The number of pyridine rings is 1. The highest BCUT2D eigenvalue weighted by Crippen LogP contribution is 2.23. The fraction of sp³-hybridized carbons (Fsp3) is 0.643. The van der Waals surface area contributed by atoms with Crippen LogP contribution in [0, 0.1) is 12.8 Å². The molecular weight excluding hydrogens is 212 g/mol. The minimum absolute atomic E-state index is 0.0759. The van der Waals surface area contributed by atoms with E-state index in [9.17, 15) is 5.11 Å². The first-order chi connectivity index (χ1) is 8.24. The first-order valence-corrected chi connectivity index (χ1v) is 6.54. The first-order valence-electron chi connectivity index (χ1n) is 6.54. The Balaban J connectivity index is 1.70. The molecule has 3 nitrogen and oxygen atoms in total. The molecule has 0 aromatic carbocycles. The molecule has 17 heavy (non-hydrogen) atoms. The third-order valence-corrected chi connectivity index (χ3v) is 3.47. The lowest BCUT2D eigenvalue weighted by molar-refractivity contribution is 0.101. The van der Waals surface area contributed by atoms with Crippen LogP contribution in [0.15, 0.2) is 18.3 Å². The molecule has 0 saturated heterocycles. The molecule has 2 N–H and O–H groups in total. The van der Waals surface area contributed by atoms with E-state index in [0.29, 0.717) is 5.92 Å². The van der Waals surface area contributed by atoms with Crippen molar-refractivity contribution in [2.45, 2.75) is 45.3 Å². The fourth-order valence-corrected chi connectivity index (χ4v) is 2.46. The van der Waals surface area contributed by atoms with E-state index in [-0.39, 0.29) is 6.10 Å². The lowest BCUT2D eigenvalue weighted by atomic mass is 9.87. The molecule has 1 fully saturated rings. The highest BCUT2D eigenvalue weighted by atomic mass is 16.3. The van der Waals surface area contributed by atoms with Crippen LogP contribution in [-0.2, 0) is 6.54 Å². The van der Waals surface area contributed by atoms with Crippen LogP contribution in [-0.4, -0.2) is 22.7 Å². The van der Waals surface area contributed by atoms with Crippen molar-refractivity contribution in [1.29, 1.82) is 0 Å². The fourth-order valence-electron chi connectivity index (χ4n) is 2.46. The van der Waals surface area contributed by atoms with E-state index in [0.717, 1.165) is 38.0 Å². The van der Waals surface area contributed by atoms with E-state index in [2.05, 4.69) is 22.4 Å². The Kier molecular flexibility index (Phi) is 4.51. The van der Waals surface area contributed by atoms with Crippen molar-refractivity contribution in [2.75, 3.05) is 6.54 Å². The van der Waals surface area contributed by atoms with E-state index >= 15 is 0 Å². The van der Waals surface area contributed by atoms with Crippen LogP contribution in [0.3, 0.4) is 0 Å². The Bertz CT molecular complexity index is 337. The van der Waals surface area contributed by atoms with Crippen molar-refractivity contribution in [2.24, 2.45) is 5.92 Å². The topological polar surface area (TPSA) is 45.1 Å². The predicted molar refractivity (Wildman–Crippen MR) is 68.6 cm³/mol. The lowest BCUT2D eigenvalue weighted by Crippen LogP contribution is -2.29. The monoisotopic (exact) mass is 234 g/mol. The minimum Gasteiger partial charge on any atom is -0.393 e. The number of aryl methyl sites for hydroxylation is 1. The quantitative estimate of drug-likeness (QED) is 0.838. The van der Waals surface area contributed by atoms with Gasteiger partial charge in [-0.1, -0.05) is 12.5 Å². The molecule has 1 aromatic heterocycles. The number of nitrogens with zero attached hydrogens (tertiary/aromatic N) is 1. The third-order valence-electron chi connectivity index (χ3n) is 3.47. The summed E-state index contributed by atoms with van der Waals surface area (Å²) >= 11 is 0. The summed E-state index contributed by atoms with van der Waals surface area (Å²) in [7, 11) is 0. The van der Waals surface area contributed by atoms with Crippen LogP contribution >= 0.6 is 0 Å². The van der Waals surface area contributed by atoms with Crippen molar-refractivity contribution in [3.05, 3.63) is 29.6 Å². The Labute approximate surface area is 103 Å². The lowest BCUT2D eigenvalue weighted by Gasteiger charge is -2.25. The van der Waals surface area contributed by atoms with Gasteiger partial charge in [0.1, 0.15) is 0 Å². The van der Waals surface area contributed by atoms with Gasteiger partial charge in [0.2, 0.25) is 0 Å². The summed E-state index contributed by atoms with van der Waals surface area (Å²) in [5, 5.41) is 13.0. The van der Waals surface area contributed by atoms with Gasteiger partial charge in [-0.2, -0.15) is 0 Å². The van der Waals surface area contributed by atoms with Gasteiger partial charge in [0.15, 0.2) is 0 Å². The summed E-state index contributed by atoms with van der Waals surface area (Å²) in [6.45, 7) is 3.87. The molecule has 1 heterocycles. The maximum Gasteiger partial charge on any atom is 0.0543 e. The standard InChI is InChI=1S/C14H22N2O/c1-11-5-6-13(16-8-11)10-15-9-12-3-2-4-14(17)7-12/h5-6,8,12,14-15,17H,2-4,7,9-10H2,1H3. The van der Waals surface area contributed by atoms with Crippen LogP contribution in [0.25, 0.3) is 0 Å². The largest absolute Gasteiger partial charge is 0.393 e. The molecule has 1 aromatic rings. The highest BCUT2D eigenvalue weighted by molar-refractivity contribution is 5.11. The summed E-state index contributed by atoms with van der Waals surface area (Å²) in [6, 6.07) is 4.16. The number of aliphatic hydroxyl groups excluding tert-OH is 1. The molecule has 0 radical (unpaired) electrons. The third kappa shape index (κ3) is 4.10. The normalized spacial score (nSPS) is 24.8. The maximum absolute atomic E-state index is 9.59. The van der Waals surface area contributed by atoms with E-state index in [4.69, 9.17) is 0 Å². The van der Waals surface area contributed by atoms with Gasteiger partial charge < -0.3 is 10.4 Å². The van der Waals surface area contributed by atoms with E-state index in [1.807, 2.05) is 13.1 Å². The number of nitrogens with one attached hydrogen (secondary N) is 1. The molecule has 2 atom stereocenters. The molecule has 1 saturated carbocycles. The van der Waals surface area contributed by atoms with Crippen molar-refractivity contribution in [1.82, 2.24) is 10.3 Å². The zero-order chi connectivity index (χ0) is 12.1. The van der Waals surface area contributed by atoms with Gasteiger partial charge in [-0.3, -0.25) is 4.98 Å². The van der Waals surface area contributed by atoms with E-state index < -0.39 is 0 Å². The Morgan fingerprint density at radius 2 is 2.29 bits per heavy atom. The Morgan fingerprint density at radius 3 is 3.00 bits per heavy atom.